The summed E-state index contributed by atoms with van der Waals surface area (Å²) in [6.45, 7) is 0.135. The highest BCUT2D eigenvalue weighted by molar-refractivity contribution is 5.54. The van der Waals surface area contributed by atoms with Gasteiger partial charge in [0.05, 0.1) is 6.54 Å². The van der Waals surface area contributed by atoms with Gasteiger partial charge >= 0.3 is 6.01 Å². The molecular formula is C15H14N4O3. The lowest BCUT2D eigenvalue weighted by Crippen LogP contribution is -2.17. The van der Waals surface area contributed by atoms with E-state index in [9.17, 15) is 9.90 Å². The molecule has 3 aromatic rings. The molecule has 0 radical (unpaired) electrons. The van der Waals surface area contributed by atoms with Crippen molar-refractivity contribution in [3.63, 3.8) is 0 Å². The molecule has 2 aromatic heterocycles. The Morgan fingerprint density at radius 1 is 1.18 bits per heavy atom. The van der Waals surface area contributed by atoms with Gasteiger partial charge in [0.15, 0.2) is 0 Å². The Morgan fingerprint density at radius 3 is 2.77 bits per heavy atom. The molecule has 0 aliphatic carbocycles. The van der Waals surface area contributed by atoms with Gasteiger partial charge in [-0.05, 0) is 6.07 Å². The lowest BCUT2D eigenvalue weighted by Gasteiger charge is -2.09. The number of hydrogen-bond donors (Lipinski definition) is 3. The fourth-order valence-corrected chi connectivity index (χ4v) is 1.95. The molecular weight excluding hydrogens is 284 g/mol. The standard InChI is InChI=1S/C15H14N4O3/c20-12(11-7-4-8-13(21)17-11)9-16-15-18-14(19-22-15)10-5-2-1-3-6-10/h1-8,12,20H,9H2,(H,17,21)(H,16,18,19). The largest absolute Gasteiger partial charge is 0.385 e. The Morgan fingerprint density at radius 2 is 2.00 bits per heavy atom. The Balaban J connectivity index is 1.65. The van der Waals surface area contributed by atoms with Gasteiger partial charge in [0.2, 0.25) is 11.4 Å². The monoisotopic (exact) mass is 298 g/mol. The lowest BCUT2D eigenvalue weighted by molar-refractivity contribution is 0.185. The number of hydrogen-bond acceptors (Lipinski definition) is 6. The topological polar surface area (TPSA) is 104 Å². The van der Waals surface area contributed by atoms with Gasteiger partial charge in [-0.25, -0.2) is 0 Å². The molecule has 1 atom stereocenters. The van der Waals surface area contributed by atoms with Crippen molar-refractivity contribution in [2.24, 2.45) is 0 Å². The normalized spacial score (nSPS) is 12.0. The number of rotatable bonds is 5. The summed E-state index contributed by atoms with van der Waals surface area (Å²) in [5.41, 5.74) is 0.996. The summed E-state index contributed by atoms with van der Waals surface area (Å²) in [5.74, 6) is 0.464. The zero-order valence-corrected chi connectivity index (χ0v) is 11.6. The van der Waals surface area contributed by atoms with Crippen molar-refractivity contribution in [1.29, 1.82) is 0 Å². The van der Waals surface area contributed by atoms with E-state index in [-0.39, 0.29) is 18.1 Å². The van der Waals surface area contributed by atoms with Crippen molar-refractivity contribution >= 4 is 6.01 Å². The van der Waals surface area contributed by atoms with E-state index in [0.717, 1.165) is 5.56 Å². The van der Waals surface area contributed by atoms with E-state index in [4.69, 9.17) is 4.52 Å². The van der Waals surface area contributed by atoms with Crippen molar-refractivity contribution in [2.45, 2.75) is 6.10 Å². The average molecular weight is 298 g/mol. The van der Waals surface area contributed by atoms with Crippen LogP contribution in [0.1, 0.15) is 11.8 Å². The van der Waals surface area contributed by atoms with Crippen molar-refractivity contribution in [3.8, 4) is 11.4 Å². The van der Waals surface area contributed by atoms with E-state index in [1.54, 1.807) is 12.1 Å². The Labute approximate surface area is 125 Å². The number of aromatic nitrogens is 3. The van der Waals surface area contributed by atoms with Crippen LogP contribution in [-0.2, 0) is 0 Å². The molecule has 22 heavy (non-hydrogen) atoms. The van der Waals surface area contributed by atoms with Crippen LogP contribution in [0.3, 0.4) is 0 Å². The van der Waals surface area contributed by atoms with E-state index in [0.29, 0.717) is 11.5 Å². The summed E-state index contributed by atoms with van der Waals surface area (Å²) >= 11 is 0. The van der Waals surface area contributed by atoms with Crippen LogP contribution >= 0.6 is 0 Å². The van der Waals surface area contributed by atoms with Crippen molar-refractivity contribution in [2.75, 3.05) is 11.9 Å². The number of aliphatic hydroxyl groups is 1. The molecule has 0 amide bonds. The van der Waals surface area contributed by atoms with Crippen LogP contribution in [-0.4, -0.2) is 26.8 Å². The third-order valence-corrected chi connectivity index (χ3v) is 3.05. The number of pyridine rings is 1. The third kappa shape index (κ3) is 3.21. The predicted octanol–water partition coefficient (Wildman–Crippen LogP) is 1.57. The maximum absolute atomic E-state index is 11.2. The minimum absolute atomic E-state index is 0.135. The zero-order valence-electron chi connectivity index (χ0n) is 11.6. The molecule has 3 N–H and O–H groups in total. The van der Waals surface area contributed by atoms with Gasteiger partial charge in [-0.3, -0.25) is 4.79 Å². The second kappa shape index (κ2) is 6.23. The molecule has 0 fully saturated rings. The molecule has 2 heterocycles. The highest BCUT2D eigenvalue weighted by Gasteiger charge is 2.12. The highest BCUT2D eigenvalue weighted by Crippen LogP contribution is 2.17. The molecule has 1 unspecified atom stereocenters. The van der Waals surface area contributed by atoms with Crippen LogP contribution in [0.25, 0.3) is 11.4 Å². The van der Waals surface area contributed by atoms with Gasteiger partial charge in [-0.1, -0.05) is 41.6 Å². The quantitative estimate of drug-likeness (QED) is 0.660. The number of nitrogens with zero attached hydrogens (tertiary/aromatic N) is 2. The molecule has 0 saturated heterocycles. The van der Waals surface area contributed by atoms with Crippen molar-refractivity contribution in [1.82, 2.24) is 15.1 Å². The maximum atomic E-state index is 11.2. The molecule has 3 rings (SSSR count). The van der Waals surface area contributed by atoms with Crippen LogP contribution in [0.2, 0.25) is 0 Å². The van der Waals surface area contributed by atoms with E-state index in [1.807, 2.05) is 30.3 Å². The van der Waals surface area contributed by atoms with E-state index in [2.05, 4.69) is 20.4 Å². The van der Waals surface area contributed by atoms with Crippen LogP contribution in [0, 0.1) is 0 Å². The third-order valence-electron chi connectivity index (χ3n) is 3.05. The number of benzene rings is 1. The number of aliphatic hydroxyl groups excluding tert-OH is 1. The van der Waals surface area contributed by atoms with Gasteiger partial charge in [0, 0.05) is 17.3 Å². The number of H-pyrrole nitrogens is 1. The molecule has 0 aliphatic heterocycles. The molecule has 0 spiro atoms. The first-order valence-corrected chi connectivity index (χ1v) is 6.73. The summed E-state index contributed by atoms with van der Waals surface area (Å²) in [6.07, 6.45) is -0.888. The summed E-state index contributed by atoms with van der Waals surface area (Å²) in [5, 5.41) is 16.7. The first-order chi connectivity index (χ1) is 10.7. The smallest absolute Gasteiger partial charge is 0.321 e. The number of anilines is 1. The molecule has 7 heteroatoms. The van der Waals surface area contributed by atoms with E-state index >= 15 is 0 Å². The first-order valence-electron chi connectivity index (χ1n) is 6.73. The predicted molar refractivity (Wildman–Crippen MR) is 80.2 cm³/mol. The average Bonchev–Trinajstić information content (AvgIpc) is 3.02. The fraction of sp³-hybridized carbons (Fsp3) is 0.133. The molecule has 1 aromatic carbocycles. The molecule has 7 nitrogen and oxygen atoms in total. The minimum Gasteiger partial charge on any atom is -0.385 e. The van der Waals surface area contributed by atoms with Gasteiger partial charge < -0.3 is 19.9 Å². The van der Waals surface area contributed by atoms with Crippen LogP contribution in [0.15, 0.2) is 57.8 Å². The highest BCUT2D eigenvalue weighted by atomic mass is 16.5. The summed E-state index contributed by atoms with van der Waals surface area (Å²) < 4.78 is 5.07. The van der Waals surface area contributed by atoms with Gasteiger partial charge in [0.1, 0.15) is 6.10 Å². The van der Waals surface area contributed by atoms with Gasteiger partial charge in [0.25, 0.3) is 0 Å². The summed E-state index contributed by atoms with van der Waals surface area (Å²) in [4.78, 5) is 18.0. The number of aromatic amines is 1. The molecule has 0 aliphatic rings. The Bertz CT molecular complexity index is 798. The zero-order chi connectivity index (χ0) is 15.4. The number of nitrogens with one attached hydrogen (secondary N) is 2. The molecule has 0 saturated carbocycles. The Kier molecular flexibility index (Phi) is 3.97. The van der Waals surface area contributed by atoms with Crippen LogP contribution < -0.4 is 10.9 Å². The van der Waals surface area contributed by atoms with E-state index in [1.165, 1.54) is 6.07 Å². The van der Waals surface area contributed by atoms with Crippen molar-refractivity contribution < 1.29 is 9.63 Å². The second-order valence-corrected chi connectivity index (χ2v) is 4.66. The minimum atomic E-state index is -0.888. The van der Waals surface area contributed by atoms with Crippen LogP contribution in [0.4, 0.5) is 6.01 Å². The Hall–Kier alpha value is -2.93. The fourth-order valence-electron chi connectivity index (χ4n) is 1.95. The second-order valence-electron chi connectivity index (χ2n) is 4.66. The lowest BCUT2D eigenvalue weighted by atomic mass is 10.2. The summed E-state index contributed by atoms with van der Waals surface area (Å²) in [6, 6.07) is 14.2. The summed E-state index contributed by atoms with van der Waals surface area (Å²) in [7, 11) is 0. The van der Waals surface area contributed by atoms with Crippen LogP contribution in [0.5, 0.6) is 0 Å². The maximum Gasteiger partial charge on any atom is 0.321 e. The first kappa shape index (κ1) is 14.0. The van der Waals surface area contributed by atoms with Gasteiger partial charge in [-0.2, -0.15) is 4.98 Å². The van der Waals surface area contributed by atoms with Gasteiger partial charge in [-0.15, -0.1) is 0 Å². The molecule has 112 valence electrons. The molecule has 0 bridgehead atoms. The van der Waals surface area contributed by atoms with E-state index < -0.39 is 6.10 Å². The van der Waals surface area contributed by atoms with Crippen molar-refractivity contribution in [3.05, 3.63) is 64.6 Å². The SMILES string of the molecule is O=c1cccc(C(O)CNc2nc(-c3ccccc3)no2)[nH]1.